The summed E-state index contributed by atoms with van der Waals surface area (Å²) in [7, 11) is 0. The van der Waals surface area contributed by atoms with Crippen molar-refractivity contribution < 1.29 is 14.7 Å². The summed E-state index contributed by atoms with van der Waals surface area (Å²) in [6.07, 6.45) is 1.55. The van der Waals surface area contributed by atoms with E-state index in [0.717, 1.165) is 0 Å². The van der Waals surface area contributed by atoms with Crippen molar-refractivity contribution >= 4 is 34.9 Å². The van der Waals surface area contributed by atoms with E-state index in [1.165, 1.54) is 4.90 Å². The van der Waals surface area contributed by atoms with Crippen molar-refractivity contribution in [2.75, 3.05) is 4.90 Å². The number of ketones is 1. The molecule has 1 fully saturated rings. The SMILES string of the molecule is O=C1C(=O)N(c2ccccn2)C(c2ccc(Cl)cc2)/C1=C(\O)c1ccccc1. The van der Waals surface area contributed by atoms with Crippen molar-refractivity contribution in [1.82, 2.24) is 4.98 Å². The maximum absolute atomic E-state index is 12.9. The van der Waals surface area contributed by atoms with Gasteiger partial charge in [0.15, 0.2) is 0 Å². The summed E-state index contributed by atoms with van der Waals surface area (Å²) in [4.78, 5) is 31.3. The number of benzene rings is 2. The fourth-order valence-corrected chi connectivity index (χ4v) is 3.40. The Morgan fingerprint density at radius 3 is 2.25 bits per heavy atom. The van der Waals surface area contributed by atoms with Gasteiger partial charge in [0.05, 0.1) is 11.6 Å². The van der Waals surface area contributed by atoms with Crippen molar-refractivity contribution in [3.63, 3.8) is 0 Å². The number of Topliss-reactive ketones (excluding diaryl/α,β-unsaturated/α-hetero) is 1. The van der Waals surface area contributed by atoms with Crippen LogP contribution in [0.25, 0.3) is 5.76 Å². The van der Waals surface area contributed by atoms with Gasteiger partial charge in [0.1, 0.15) is 11.6 Å². The number of amides is 1. The molecule has 1 aliphatic heterocycles. The molecule has 4 rings (SSSR count). The summed E-state index contributed by atoms with van der Waals surface area (Å²) in [5.74, 6) is -1.39. The largest absolute Gasteiger partial charge is 0.507 e. The first-order valence-electron chi connectivity index (χ1n) is 8.61. The van der Waals surface area contributed by atoms with E-state index in [1.807, 2.05) is 0 Å². The summed E-state index contributed by atoms with van der Waals surface area (Å²) in [6, 6.07) is 19.8. The molecule has 1 aromatic heterocycles. The highest BCUT2D eigenvalue weighted by Gasteiger charge is 2.47. The Morgan fingerprint density at radius 1 is 0.929 bits per heavy atom. The molecule has 0 saturated carbocycles. The minimum Gasteiger partial charge on any atom is -0.507 e. The minimum atomic E-state index is -0.813. The highest BCUT2D eigenvalue weighted by atomic mass is 35.5. The van der Waals surface area contributed by atoms with Crippen LogP contribution in [0.1, 0.15) is 17.2 Å². The number of carbonyl (C=O) groups excluding carboxylic acids is 2. The molecule has 1 aliphatic rings. The summed E-state index contributed by atoms with van der Waals surface area (Å²) in [5.41, 5.74) is 1.12. The fraction of sp³-hybridized carbons (Fsp3) is 0.0455. The topological polar surface area (TPSA) is 70.5 Å². The average molecular weight is 391 g/mol. The maximum Gasteiger partial charge on any atom is 0.301 e. The number of nitrogens with zero attached hydrogens (tertiary/aromatic N) is 2. The van der Waals surface area contributed by atoms with Crippen LogP contribution in [0.4, 0.5) is 5.82 Å². The van der Waals surface area contributed by atoms with Gasteiger partial charge in [-0.3, -0.25) is 14.5 Å². The maximum atomic E-state index is 12.9. The minimum absolute atomic E-state index is 0.0178. The van der Waals surface area contributed by atoms with Crippen LogP contribution in [0.2, 0.25) is 5.02 Å². The lowest BCUT2D eigenvalue weighted by molar-refractivity contribution is -0.132. The Balaban J connectivity index is 1.95. The third-order valence-electron chi connectivity index (χ3n) is 4.57. The average Bonchev–Trinajstić information content (AvgIpc) is 3.00. The molecule has 6 heteroatoms. The molecule has 138 valence electrons. The molecule has 5 nitrogen and oxygen atoms in total. The van der Waals surface area contributed by atoms with E-state index in [2.05, 4.69) is 4.98 Å². The van der Waals surface area contributed by atoms with Crippen LogP contribution in [0.3, 0.4) is 0 Å². The van der Waals surface area contributed by atoms with Crippen molar-refractivity contribution in [3.8, 4) is 0 Å². The number of anilines is 1. The summed E-state index contributed by atoms with van der Waals surface area (Å²) in [5, 5.41) is 11.4. The highest BCUT2D eigenvalue weighted by molar-refractivity contribution is 6.51. The Hall–Kier alpha value is -3.44. The predicted octanol–water partition coefficient (Wildman–Crippen LogP) is 4.36. The summed E-state index contributed by atoms with van der Waals surface area (Å²) in [6.45, 7) is 0. The number of aliphatic hydroxyl groups is 1. The van der Waals surface area contributed by atoms with Gasteiger partial charge in [-0.25, -0.2) is 4.98 Å². The number of pyridine rings is 1. The molecule has 1 atom stereocenters. The van der Waals surface area contributed by atoms with Crippen LogP contribution in [-0.2, 0) is 9.59 Å². The lowest BCUT2D eigenvalue weighted by atomic mass is 9.95. The molecule has 2 heterocycles. The highest BCUT2D eigenvalue weighted by Crippen LogP contribution is 2.41. The Bertz CT molecular complexity index is 1060. The molecule has 1 N–H and O–H groups in total. The number of halogens is 1. The van der Waals surface area contributed by atoms with Crippen LogP contribution in [-0.4, -0.2) is 21.8 Å². The first-order valence-corrected chi connectivity index (χ1v) is 8.98. The summed E-state index contributed by atoms with van der Waals surface area (Å²) >= 11 is 6.00. The molecule has 28 heavy (non-hydrogen) atoms. The van der Waals surface area contributed by atoms with Gasteiger partial charge in [0.2, 0.25) is 0 Å². The quantitative estimate of drug-likeness (QED) is 0.410. The third-order valence-corrected chi connectivity index (χ3v) is 4.83. The van der Waals surface area contributed by atoms with Gasteiger partial charge in [-0.15, -0.1) is 0 Å². The van der Waals surface area contributed by atoms with Gasteiger partial charge in [0, 0.05) is 16.8 Å². The van der Waals surface area contributed by atoms with Gasteiger partial charge in [-0.05, 0) is 29.8 Å². The summed E-state index contributed by atoms with van der Waals surface area (Å²) < 4.78 is 0. The van der Waals surface area contributed by atoms with Gasteiger partial charge >= 0.3 is 5.91 Å². The van der Waals surface area contributed by atoms with Gasteiger partial charge in [-0.1, -0.05) is 60.1 Å². The van der Waals surface area contributed by atoms with Crippen LogP contribution in [0, 0.1) is 0 Å². The second-order valence-electron chi connectivity index (χ2n) is 6.27. The van der Waals surface area contributed by atoms with E-state index in [4.69, 9.17) is 11.6 Å². The molecule has 0 radical (unpaired) electrons. The molecule has 1 unspecified atom stereocenters. The number of carbonyl (C=O) groups is 2. The lowest BCUT2D eigenvalue weighted by Gasteiger charge is -2.24. The van der Waals surface area contributed by atoms with Gasteiger partial charge in [-0.2, -0.15) is 0 Å². The molecule has 2 aromatic carbocycles. The van der Waals surface area contributed by atoms with Gasteiger partial charge in [0.25, 0.3) is 5.78 Å². The zero-order chi connectivity index (χ0) is 19.7. The molecule has 1 amide bonds. The van der Waals surface area contributed by atoms with E-state index >= 15 is 0 Å². The van der Waals surface area contributed by atoms with Crippen LogP contribution >= 0.6 is 11.6 Å². The molecular formula is C22H15ClN2O3. The van der Waals surface area contributed by atoms with E-state index in [0.29, 0.717) is 22.0 Å². The molecule has 0 spiro atoms. The standard InChI is InChI=1S/C22H15ClN2O3/c23-16-11-9-14(10-12-16)19-18(20(26)15-6-2-1-3-7-15)21(27)22(28)25(19)17-8-4-5-13-24-17/h1-13,19,26H/b20-18+. The zero-order valence-corrected chi connectivity index (χ0v) is 15.4. The smallest absolute Gasteiger partial charge is 0.301 e. The fourth-order valence-electron chi connectivity index (χ4n) is 3.28. The number of hydrogen-bond donors (Lipinski definition) is 1. The van der Waals surface area contributed by atoms with Crippen molar-refractivity contribution in [2.45, 2.75) is 6.04 Å². The van der Waals surface area contributed by atoms with Crippen molar-refractivity contribution in [1.29, 1.82) is 0 Å². The molecule has 0 aliphatic carbocycles. The number of hydrogen-bond acceptors (Lipinski definition) is 4. The van der Waals surface area contributed by atoms with Gasteiger partial charge < -0.3 is 5.11 Å². The normalized spacial score (nSPS) is 18.5. The van der Waals surface area contributed by atoms with E-state index < -0.39 is 17.7 Å². The number of rotatable bonds is 3. The number of aliphatic hydroxyl groups excluding tert-OH is 1. The van der Waals surface area contributed by atoms with E-state index in [9.17, 15) is 14.7 Å². The van der Waals surface area contributed by atoms with E-state index in [-0.39, 0.29) is 11.3 Å². The number of aromatic nitrogens is 1. The zero-order valence-electron chi connectivity index (χ0n) is 14.6. The Kier molecular flexibility index (Phi) is 4.67. The van der Waals surface area contributed by atoms with Crippen LogP contribution in [0.15, 0.2) is 84.6 Å². The van der Waals surface area contributed by atoms with E-state index in [1.54, 1.807) is 79.0 Å². The van der Waals surface area contributed by atoms with Crippen molar-refractivity contribution in [2.24, 2.45) is 0 Å². The molecule has 1 saturated heterocycles. The van der Waals surface area contributed by atoms with Crippen molar-refractivity contribution in [3.05, 3.63) is 101 Å². The third kappa shape index (κ3) is 3.06. The lowest BCUT2D eigenvalue weighted by Crippen LogP contribution is -2.30. The monoisotopic (exact) mass is 390 g/mol. The first-order chi connectivity index (χ1) is 13.6. The Morgan fingerprint density at radius 2 is 1.61 bits per heavy atom. The second-order valence-corrected chi connectivity index (χ2v) is 6.71. The second kappa shape index (κ2) is 7.29. The van der Waals surface area contributed by atoms with Crippen LogP contribution < -0.4 is 4.90 Å². The van der Waals surface area contributed by atoms with Crippen LogP contribution in [0.5, 0.6) is 0 Å². The first kappa shape index (κ1) is 17.9. The molecule has 0 bridgehead atoms. The predicted molar refractivity (Wildman–Crippen MR) is 107 cm³/mol. The Labute approximate surface area is 166 Å². The molecular weight excluding hydrogens is 376 g/mol. The molecule has 3 aromatic rings.